The van der Waals surface area contributed by atoms with Gasteiger partial charge >= 0.3 is 5.97 Å². The maximum Gasteiger partial charge on any atom is 0.337 e. The minimum atomic E-state index is -1.23. The van der Waals surface area contributed by atoms with Crippen LogP contribution in [-0.2, 0) is 4.79 Å². The summed E-state index contributed by atoms with van der Waals surface area (Å²) in [5.74, 6) is -1.47. The number of rotatable bonds is 5. The van der Waals surface area contributed by atoms with E-state index in [-0.39, 0.29) is 27.2 Å². The highest BCUT2D eigenvalue weighted by Gasteiger charge is 2.21. The molecule has 4 N–H and O–H groups in total. The molecule has 0 spiro atoms. The molecule has 0 saturated carbocycles. The molecule has 0 radical (unpaired) electrons. The van der Waals surface area contributed by atoms with Crippen LogP contribution in [0.3, 0.4) is 0 Å². The highest BCUT2D eigenvalue weighted by molar-refractivity contribution is 6.37. The van der Waals surface area contributed by atoms with Crippen LogP contribution in [0.2, 0.25) is 10.0 Å². The summed E-state index contributed by atoms with van der Waals surface area (Å²) < 4.78 is 0. The lowest BCUT2D eigenvalue weighted by Gasteiger charge is -2.16. The number of amides is 1. The fraction of sp³-hybridized carbons (Fsp3) is 0.385. The number of anilines is 1. The fourth-order valence-electron chi connectivity index (χ4n) is 1.70. The van der Waals surface area contributed by atoms with Crippen molar-refractivity contribution in [3.05, 3.63) is 27.7 Å². The van der Waals surface area contributed by atoms with E-state index in [2.05, 4.69) is 5.32 Å². The van der Waals surface area contributed by atoms with Crippen molar-refractivity contribution in [3.63, 3.8) is 0 Å². The van der Waals surface area contributed by atoms with Gasteiger partial charge in [0.1, 0.15) is 0 Å². The number of carboxylic acids is 1. The lowest BCUT2D eigenvalue weighted by atomic mass is 10.0. The van der Waals surface area contributed by atoms with Crippen LogP contribution >= 0.6 is 23.2 Å². The largest absolute Gasteiger partial charge is 0.478 e. The molecule has 1 aromatic rings. The molecule has 1 amide bonds. The smallest absolute Gasteiger partial charge is 0.337 e. The van der Waals surface area contributed by atoms with Crippen LogP contribution in [0.15, 0.2) is 12.1 Å². The molecule has 1 aromatic carbocycles. The van der Waals surface area contributed by atoms with Crippen LogP contribution < -0.4 is 11.1 Å². The zero-order valence-corrected chi connectivity index (χ0v) is 12.6. The van der Waals surface area contributed by atoms with Crippen molar-refractivity contribution < 1.29 is 14.7 Å². The lowest BCUT2D eigenvalue weighted by Crippen LogP contribution is -2.37. The van der Waals surface area contributed by atoms with Gasteiger partial charge in [0.05, 0.1) is 22.3 Å². The first-order valence-electron chi connectivity index (χ1n) is 6.01. The predicted octanol–water partition coefficient (Wildman–Crippen LogP) is 3.00. The Morgan fingerprint density at radius 3 is 2.45 bits per heavy atom. The van der Waals surface area contributed by atoms with Gasteiger partial charge in [0.25, 0.3) is 0 Å². The second kappa shape index (κ2) is 6.92. The summed E-state index contributed by atoms with van der Waals surface area (Å²) in [6.45, 7) is 3.87. The number of hydrogen-bond acceptors (Lipinski definition) is 3. The summed E-state index contributed by atoms with van der Waals surface area (Å²) >= 11 is 11.7. The number of benzene rings is 1. The van der Waals surface area contributed by atoms with E-state index in [1.807, 2.05) is 13.8 Å². The molecule has 20 heavy (non-hydrogen) atoms. The molecule has 0 heterocycles. The molecule has 5 nitrogen and oxygen atoms in total. The zero-order valence-electron chi connectivity index (χ0n) is 11.1. The van der Waals surface area contributed by atoms with Gasteiger partial charge < -0.3 is 16.2 Å². The summed E-state index contributed by atoms with van der Waals surface area (Å²) in [5.41, 5.74) is 5.58. The van der Waals surface area contributed by atoms with E-state index in [0.717, 1.165) is 0 Å². The number of halogens is 2. The molecule has 0 bridgehead atoms. The van der Waals surface area contributed by atoms with Crippen molar-refractivity contribution in [3.8, 4) is 0 Å². The first kappa shape index (κ1) is 16.8. The number of nitrogens with one attached hydrogen (secondary N) is 1. The SMILES string of the molecule is CC(C)C[C@H](N)C(=O)Nc1c(Cl)cc(Cl)cc1C(=O)O. The third kappa shape index (κ3) is 4.37. The van der Waals surface area contributed by atoms with Gasteiger partial charge in [-0.1, -0.05) is 37.0 Å². The Kier molecular flexibility index (Phi) is 5.80. The third-order valence-electron chi connectivity index (χ3n) is 2.60. The first-order valence-corrected chi connectivity index (χ1v) is 6.76. The fourth-order valence-corrected chi connectivity index (χ4v) is 2.24. The van der Waals surface area contributed by atoms with Crippen LogP contribution in [0.25, 0.3) is 0 Å². The molecule has 0 saturated heterocycles. The Bertz CT molecular complexity index is 533. The number of hydrogen-bond donors (Lipinski definition) is 3. The predicted molar refractivity (Wildman–Crippen MR) is 79.5 cm³/mol. The normalized spacial score (nSPS) is 12.3. The van der Waals surface area contributed by atoms with E-state index >= 15 is 0 Å². The van der Waals surface area contributed by atoms with Gasteiger partial charge in [-0.2, -0.15) is 0 Å². The Hall–Kier alpha value is -1.30. The molecule has 0 aromatic heterocycles. The van der Waals surface area contributed by atoms with Crippen LogP contribution in [0.1, 0.15) is 30.6 Å². The molecule has 1 atom stereocenters. The van der Waals surface area contributed by atoms with E-state index < -0.39 is 17.9 Å². The summed E-state index contributed by atoms with van der Waals surface area (Å²) in [6, 6.07) is 1.85. The summed E-state index contributed by atoms with van der Waals surface area (Å²) in [4.78, 5) is 23.1. The Balaban J connectivity index is 3.03. The van der Waals surface area contributed by atoms with Gasteiger partial charge in [0.15, 0.2) is 0 Å². The molecule has 0 unspecified atom stereocenters. The number of carbonyl (C=O) groups is 2. The highest BCUT2D eigenvalue weighted by Crippen LogP contribution is 2.30. The van der Waals surface area contributed by atoms with E-state index in [0.29, 0.717) is 6.42 Å². The monoisotopic (exact) mass is 318 g/mol. The van der Waals surface area contributed by atoms with Crippen molar-refractivity contribution in [2.75, 3.05) is 5.32 Å². The molecule has 110 valence electrons. The van der Waals surface area contributed by atoms with Crippen molar-refractivity contribution in [1.29, 1.82) is 0 Å². The van der Waals surface area contributed by atoms with Gasteiger partial charge in [-0.3, -0.25) is 4.79 Å². The molecular weight excluding hydrogens is 303 g/mol. The van der Waals surface area contributed by atoms with Gasteiger partial charge in [-0.05, 0) is 24.5 Å². The number of carboxylic acid groups (broad SMARTS) is 1. The Labute approximate surface area is 127 Å². The van der Waals surface area contributed by atoms with E-state index in [9.17, 15) is 9.59 Å². The number of nitrogens with two attached hydrogens (primary N) is 1. The zero-order chi connectivity index (χ0) is 15.4. The second-order valence-electron chi connectivity index (χ2n) is 4.84. The summed E-state index contributed by atoms with van der Waals surface area (Å²) in [5, 5.41) is 11.8. The first-order chi connectivity index (χ1) is 9.22. The van der Waals surface area contributed by atoms with Crippen LogP contribution in [0, 0.1) is 5.92 Å². The maximum atomic E-state index is 11.9. The third-order valence-corrected chi connectivity index (χ3v) is 3.11. The average molecular weight is 319 g/mol. The van der Waals surface area contributed by atoms with Crippen molar-refractivity contribution >= 4 is 40.8 Å². The molecule has 1 rings (SSSR count). The molecule has 0 aliphatic heterocycles. The van der Waals surface area contributed by atoms with E-state index in [1.54, 1.807) is 0 Å². The molecule has 0 aliphatic rings. The van der Waals surface area contributed by atoms with Gasteiger partial charge in [0, 0.05) is 5.02 Å². The van der Waals surface area contributed by atoms with Crippen LogP contribution in [-0.4, -0.2) is 23.0 Å². The second-order valence-corrected chi connectivity index (χ2v) is 5.68. The van der Waals surface area contributed by atoms with Crippen molar-refractivity contribution in [1.82, 2.24) is 0 Å². The van der Waals surface area contributed by atoms with Gasteiger partial charge in [-0.15, -0.1) is 0 Å². The quantitative estimate of drug-likeness (QED) is 0.778. The molecule has 7 heteroatoms. The number of carbonyl (C=O) groups excluding carboxylic acids is 1. The summed E-state index contributed by atoms with van der Waals surface area (Å²) in [7, 11) is 0. The van der Waals surface area contributed by atoms with Gasteiger partial charge in [-0.25, -0.2) is 4.79 Å². The van der Waals surface area contributed by atoms with Crippen LogP contribution in [0.4, 0.5) is 5.69 Å². The maximum absolute atomic E-state index is 11.9. The Morgan fingerprint density at radius 1 is 1.35 bits per heavy atom. The molecule has 0 fully saturated rings. The number of aromatic carboxylic acids is 1. The van der Waals surface area contributed by atoms with E-state index in [4.69, 9.17) is 34.0 Å². The Morgan fingerprint density at radius 2 is 1.95 bits per heavy atom. The lowest BCUT2D eigenvalue weighted by molar-refractivity contribution is -0.117. The standard InChI is InChI=1S/C13H16Cl2N2O3/c1-6(2)3-10(16)12(18)17-11-8(13(19)20)4-7(14)5-9(11)15/h4-6,10H,3,16H2,1-2H3,(H,17,18)(H,19,20)/t10-/m0/s1. The molecule has 0 aliphatic carbocycles. The van der Waals surface area contributed by atoms with E-state index in [1.165, 1.54) is 12.1 Å². The topological polar surface area (TPSA) is 92.4 Å². The van der Waals surface area contributed by atoms with Crippen LogP contribution in [0.5, 0.6) is 0 Å². The average Bonchev–Trinajstić information content (AvgIpc) is 2.30. The minimum absolute atomic E-state index is 0.00720. The summed E-state index contributed by atoms with van der Waals surface area (Å²) in [6.07, 6.45) is 0.486. The minimum Gasteiger partial charge on any atom is -0.478 e. The molecular formula is C13H16Cl2N2O3. The van der Waals surface area contributed by atoms with Crippen molar-refractivity contribution in [2.45, 2.75) is 26.3 Å². The van der Waals surface area contributed by atoms with Crippen molar-refractivity contribution in [2.24, 2.45) is 11.7 Å². The highest BCUT2D eigenvalue weighted by atomic mass is 35.5. The van der Waals surface area contributed by atoms with Gasteiger partial charge in [0.2, 0.25) is 5.91 Å².